The molecule has 0 aliphatic rings. The Morgan fingerprint density at radius 2 is 2.00 bits per heavy atom. The molecular formula is C20H27N3O2. The van der Waals surface area contributed by atoms with Crippen molar-refractivity contribution in [3.8, 4) is 5.75 Å². The Kier molecular flexibility index (Phi) is 7.26. The van der Waals surface area contributed by atoms with Gasteiger partial charge in [0.05, 0.1) is 7.11 Å². The second-order valence-corrected chi connectivity index (χ2v) is 6.03. The van der Waals surface area contributed by atoms with E-state index in [1.165, 1.54) is 0 Å². The number of hydrogen-bond donors (Lipinski definition) is 1. The van der Waals surface area contributed by atoms with Gasteiger partial charge in [-0.1, -0.05) is 25.5 Å². The summed E-state index contributed by atoms with van der Waals surface area (Å²) in [5.74, 6) is 1.60. The Labute approximate surface area is 150 Å². The average molecular weight is 341 g/mol. The van der Waals surface area contributed by atoms with Crippen LogP contribution >= 0.6 is 0 Å². The van der Waals surface area contributed by atoms with Crippen LogP contribution < -0.4 is 15.0 Å². The molecule has 0 fully saturated rings. The zero-order valence-corrected chi connectivity index (χ0v) is 15.3. The summed E-state index contributed by atoms with van der Waals surface area (Å²) in [6, 6.07) is 11.5. The highest BCUT2D eigenvalue weighted by molar-refractivity contribution is 5.94. The van der Waals surface area contributed by atoms with Crippen molar-refractivity contribution >= 4 is 11.7 Å². The van der Waals surface area contributed by atoms with Gasteiger partial charge in [-0.3, -0.25) is 4.79 Å². The van der Waals surface area contributed by atoms with Gasteiger partial charge in [-0.2, -0.15) is 0 Å². The van der Waals surface area contributed by atoms with Gasteiger partial charge in [0.2, 0.25) is 0 Å². The zero-order valence-electron chi connectivity index (χ0n) is 15.3. The summed E-state index contributed by atoms with van der Waals surface area (Å²) in [5.41, 5.74) is 1.80. The number of rotatable bonds is 9. The maximum Gasteiger partial charge on any atom is 0.251 e. The summed E-state index contributed by atoms with van der Waals surface area (Å²) >= 11 is 0. The molecule has 0 bridgehead atoms. The van der Waals surface area contributed by atoms with Gasteiger partial charge in [-0.15, -0.1) is 0 Å². The largest absolute Gasteiger partial charge is 0.497 e. The molecule has 5 heteroatoms. The SMILES string of the molecule is CCCCN(C)c1cc(C(=O)NCCc2ccc(OC)cc2)ccn1. The molecule has 1 heterocycles. The molecule has 0 radical (unpaired) electrons. The fourth-order valence-corrected chi connectivity index (χ4v) is 2.49. The highest BCUT2D eigenvalue weighted by atomic mass is 16.5. The average Bonchev–Trinajstić information content (AvgIpc) is 2.66. The maximum absolute atomic E-state index is 12.3. The quantitative estimate of drug-likeness (QED) is 0.760. The van der Waals surface area contributed by atoms with Gasteiger partial charge in [0.25, 0.3) is 5.91 Å². The summed E-state index contributed by atoms with van der Waals surface area (Å²) in [7, 11) is 3.65. The first-order chi connectivity index (χ1) is 12.1. The highest BCUT2D eigenvalue weighted by Gasteiger charge is 2.09. The van der Waals surface area contributed by atoms with E-state index >= 15 is 0 Å². The first-order valence-electron chi connectivity index (χ1n) is 8.72. The van der Waals surface area contributed by atoms with Crippen LogP contribution in [-0.2, 0) is 6.42 Å². The van der Waals surface area contributed by atoms with Crippen LogP contribution in [0.2, 0.25) is 0 Å². The lowest BCUT2D eigenvalue weighted by molar-refractivity contribution is 0.0954. The molecule has 0 atom stereocenters. The fraction of sp³-hybridized carbons (Fsp3) is 0.400. The van der Waals surface area contributed by atoms with Crippen LogP contribution in [0, 0.1) is 0 Å². The molecule has 0 saturated heterocycles. The van der Waals surface area contributed by atoms with Crippen LogP contribution in [0.3, 0.4) is 0 Å². The van der Waals surface area contributed by atoms with Crippen molar-refractivity contribution < 1.29 is 9.53 Å². The van der Waals surface area contributed by atoms with E-state index in [1.54, 1.807) is 19.4 Å². The minimum Gasteiger partial charge on any atom is -0.497 e. The van der Waals surface area contributed by atoms with E-state index in [4.69, 9.17) is 4.74 Å². The molecule has 1 aromatic heterocycles. The summed E-state index contributed by atoms with van der Waals surface area (Å²) < 4.78 is 5.14. The van der Waals surface area contributed by atoms with E-state index in [0.717, 1.165) is 42.9 Å². The summed E-state index contributed by atoms with van der Waals surface area (Å²) in [6.45, 7) is 3.69. The fourth-order valence-electron chi connectivity index (χ4n) is 2.49. The molecule has 0 saturated carbocycles. The number of hydrogen-bond acceptors (Lipinski definition) is 4. The smallest absolute Gasteiger partial charge is 0.251 e. The molecule has 2 aromatic rings. The third kappa shape index (κ3) is 5.78. The van der Waals surface area contributed by atoms with Crippen LogP contribution in [0.4, 0.5) is 5.82 Å². The molecule has 0 aliphatic heterocycles. The second-order valence-electron chi connectivity index (χ2n) is 6.03. The Hall–Kier alpha value is -2.56. The van der Waals surface area contributed by atoms with E-state index in [9.17, 15) is 4.79 Å². The summed E-state index contributed by atoms with van der Waals surface area (Å²) in [4.78, 5) is 18.8. The number of carbonyl (C=O) groups excluding carboxylic acids is 1. The number of nitrogens with one attached hydrogen (secondary N) is 1. The van der Waals surface area contributed by atoms with Gasteiger partial charge >= 0.3 is 0 Å². The number of unbranched alkanes of at least 4 members (excludes halogenated alkanes) is 1. The number of benzene rings is 1. The van der Waals surface area contributed by atoms with Gasteiger partial charge in [0, 0.05) is 31.9 Å². The Bertz CT molecular complexity index is 671. The van der Waals surface area contributed by atoms with Gasteiger partial charge in [0.1, 0.15) is 11.6 Å². The molecule has 5 nitrogen and oxygen atoms in total. The van der Waals surface area contributed by atoms with Crippen LogP contribution in [-0.4, -0.2) is 38.1 Å². The van der Waals surface area contributed by atoms with Crippen molar-refractivity contribution in [3.63, 3.8) is 0 Å². The van der Waals surface area contributed by atoms with Crippen molar-refractivity contribution in [1.29, 1.82) is 0 Å². The van der Waals surface area contributed by atoms with Crippen LogP contribution in [0.15, 0.2) is 42.6 Å². The van der Waals surface area contributed by atoms with Gasteiger partial charge in [-0.05, 0) is 42.7 Å². The first kappa shape index (κ1) is 18.8. The number of aromatic nitrogens is 1. The minimum absolute atomic E-state index is 0.0685. The van der Waals surface area contributed by atoms with Gasteiger partial charge in [0.15, 0.2) is 0 Å². The standard InChI is InChI=1S/C20H27N3O2/c1-4-5-14-23(2)19-15-17(11-13-21-19)20(24)22-12-10-16-6-8-18(25-3)9-7-16/h6-9,11,13,15H,4-5,10,12,14H2,1-3H3,(H,22,24). The lowest BCUT2D eigenvalue weighted by atomic mass is 10.1. The number of methoxy groups -OCH3 is 1. The molecule has 0 spiro atoms. The molecule has 1 amide bonds. The van der Waals surface area contributed by atoms with Crippen molar-refractivity contribution in [2.24, 2.45) is 0 Å². The first-order valence-corrected chi connectivity index (χ1v) is 8.72. The predicted octanol–water partition coefficient (Wildman–Crippen LogP) is 3.30. The number of ether oxygens (including phenoxy) is 1. The molecular weight excluding hydrogens is 314 g/mol. The third-order valence-electron chi connectivity index (χ3n) is 4.10. The topological polar surface area (TPSA) is 54.5 Å². The molecule has 0 unspecified atom stereocenters. The summed E-state index contributed by atoms with van der Waals surface area (Å²) in [5, 5.41) is 2.97. The van der Waals surface area contributed by atoms with Crippen LogP contribution in [0.25, 0.3) is 0 Å². The van der Waals surface area contributed by atoms with Crippen LogP contribution in [0.1, 0.15) is 35.7 Å². The molecule has 1 aromatic carbocycles. The second kappa shape index (κ2) is 9.67. The minimum atomic E-state index is -0.0685. The third-order valence-corrected chi connectivity index (χ3v) is 4.10. The van der Waals surface area contributed by atoms with Crippen molar-refractivity contribution in [1.82, 2.24) is 10.3 Å². The van der Waals surface area contributed by atoms with Crippen molar-refractivity contribution in [2.75, 3.05) is 32.1 Å². The number of carbonyl (C=O) groups is 1. The molecule has 134 valence electrons. The van der Waals surface area contributed by atoms with E-state index in [-0.39, 0.29) is 5.91 Å². The Balaban J connectivity index is 1.87. The maximum atomic E-state index is 12.3. The van der Waals surface area contributed by atoms with Crippen LogP contribution in [0.5, 0.6) is 5.75 Å². The zero-order chi connectivity index (χ0) is 18.1. The van der Waals surface area contributed by atoms with Crippen molar-refractivity contribution in [2.45, 2.75) is 26.2 Å². The number of amides is 1. The van der Waals surface area contributed by atoms with E-state index in [2.05, 4.69) is 22.1 Å². The van der Waals surface area contributed by atoms with E-state index in [1.807, 2.05) is 37.4 Å². The molecule has 25 heavy (non-hydrogen) atoms. The van der Waals surface area contributed by atoms with Gasteiger partial charge < -0.3 is 15.0 Å². The van der Waals surface area contributed by atoms with Gasteiger partial charge in [-0.25, -0.2) is 4.98 Å². The molecule has 1 N–H and O–H groups in total. The molecule has 2 rings (SSSR count). The molecule has 0 aliphatic carbocycles. The number of anilines is 1. The van der Waals surface area contributed by atoms with Crippen molar-refractivity contribution in [3.05, 3.63) is 53.7 Å². The predicted molar refractivity (Wildman–Crippen MR) is 101 cm³/mol. The lowest BCUT2D eigenvalue weighted by Gasteiger charge is -2.18. The monoisotopic (exact) mass is 341 g/mol. The normalized spacial score (nSPS) is 10.4. The van der Waals surface area contributed by atoms with E-state index < -0.39 is 0 Å². The highest BCUT2D eigenvalue weighted by Crippen LogP contribution is 2.13. The number of pyridine rings is 1. The lowest BCUT2D eigenvalue weighted by Crippen LogP contribution is -2.26. The Morgan fingerprint density at radius 1 is 1.24 bits per heavy atom. The van der Waals surface area contributed by atoms with E-state index in [0.29, 0.717) is 12.1 Å². The Morgan fingerprint density at radius 3 is 2.68 bits per heavy atom. The summed E-state index contributed by atoms with van der Waals surface area (Å²) in [6.07, 6.45) is 4.71. The number of nitrogens with zero attached hydrogens (tertiary/aromatic N) is 2.